The van der Waals surface area contributed by atoms with Crippen molar-refractivity contribution in [1.82, 2.24) is 5.32 Å². The van der Waals surface area contributed by atoms with E-state index in [4.69, 9.17) is 0 Å². The van der Waals surface area contributed by atoms with Crippen LogP contribution in [0.5, 0.6) is 0 Å². The van der Waals surface area contributed by atoms with Gasteiger partial charge in [0.1, 0.15) is 5.82 Å². The Morgan fingerprint density at radius 2 is 1.97 bits per heavy atom. The highest BCUT2D eigenvalue weighted by Gasteiger charge is 2.28. The average Bonchev–Trinajstić information content (AvgIpc) is 3.15. The molecule has 1 N–H and O–H groups in total. The van der Waals surface area contributed by atoms with E-state index in [1.807, 2.05) is 0 Å². The maximum absolute atomic E-state index is 14.8. The maximum Gasteiger partial charge on any atom is 0.254 e. The first-order chi connectivity index (χ1) is 14.5. The first-order valence-corrected chi connectivity index (χ1v) is 12.3. The fourth-order valence-corrected chi connectivity index (χ4v) is 4.58. The molecule has 0 bridgehead atoms. The van der Waals surface area contributed by atoms with Gasteiger partial charge in [0.05, 0.1) is 11.6 Å². The van der Waals surface area contributed by atoms with Crippen molar-refractivity contribution < 1.29 is 17.6 Å². The molecule has 0 aromatic heterocycles. The van der Waals surface area contributed by atoms with E-state index in [1.165, 1.54) is 34.9 Å². The minimum absolute atomic E-state index is 0.0642. The summed E-state index contributed by atoms with van der Waals surface area (Å²) in [5.41, 5.74) is 4.38. The molecule has 0 radical (unpaired) electrons. The molecule has 1 unspecified atom stereocenters. The molecule has 1 heterocycles. The van der Waals surface area contributed by atoms with Crippen LogP contribution in [0.3, 0.4) is 0 Å². The van der Waals surface area contributed by atoms with E-state index >= 15 is 0 Å². The van der Waals surface area contributed by atoms with Crippen LogP contribution < -0.4 is 10.2 Å². The molecule has 1 aliphatic rings. The van der Waals surface area contributed by atoms with E-state index in [2.05, 4.69) is 42.3 Å². The SMILES string of the molecule is Cc1ccc(C2CCCN2c2ccc(C(=O)N[C@H](C)/C=C/S(C)(=O)=O)c(F)c2)c(C)c1. The molecule has 1 fully saturated rings. The summed E-state index contributed by atoms with van der Waals surface area (Å²) in [5.74, 6) is -1.18. The molecule has 2 aromatic rings. The van der Waals surface area contributed by atoms with Crippen LogP contribution in [0.2, 0.25) is 0 Å². The smallest absolute Gasteiger partial charge is 0.254 e. The molecular formula is C24H29FN2O3S. The highest BCUT2D eigenvalue weighted by molar-refractivity contribution is 7.93. The number of aryl methyl sites for hydroxylation is 2. The number of amides is 1. The first kappa shape index (κ1) is 23.0. The molecule has 5 nitrogen and oxygen atoms in total. The minimum Gasteiger partial charge on any atom is -0.364 e. The second-order valence-electron chi connectivity index (χ2n) is 8.30. The fraction of sp³-hybridized carbons (Fsp3) is 0.375. The van der Waals surface area contributed by atoms with Crippen LogP contribution in [0.1, 0.15) is 52.9 Å². The van der Waals surface area contributed by atoms with Crippen LogP contribution in [0.15, 0.2) is 47.9 Å². The number of nitrogens with zero attached hydrogens (tertiary/aromatic N) is 1. The van der Waals surface area contributed by atoms with Crippen LogP contribution in [0.25, 0.3) is 0 Å². The van der Waals surface area contributed by atoms with Crippen molar-refractivity contribution in [3.05, 3.63) is 76.0 Å². The van der Waals surface area contributed by atoms with Crippen LogP contribution in [-0.4, -0.2) is 33.2 Å². The average molecular weight is 445 g/mol. The van der Waals surface area contributed by atoms with Gasteiger partial charge < -0.3 is 10.2 Å². The number of hydrogen-bond acceptors (Lipinski definition) is 4. The molecule has 7 heteroatoms. The van der Waals surface area contributed by atoms with Crippen molar-refractivity contribution >= 4 is 21.4 Å². The Kier molecular flexibility index (Phi) is 6.84. The Bertz CT molecular complexity index is 1110. The normalized spacial score (nSPS) is 17.8. The maximum atomic E-state index is 14.8. The third-order valence-corrected chi connectivity index (χ3v) is 6.19. The largest absolute Gasteiger partial charge is 0.364 e. The van der Waals surface area contributed by atoms with E-state index in [0.29, 0.717) is 0 Å². The predicted molar refractivity (Wildman–Crippen MR) is 123 cm³/mol. The molecule has 1 amide bonds. The van der Waals surface area contributed by atoms with Gasteiger partial charge in [-0.25, -0.2) is 12.8 Å². The van der Waals surface area contributed by atoms with Crippen molar-refractivity contribution in [2.24, 2.45) is 0 Å². The van der Waals surface area contributed by atoms with E-state index in [-0.39, 0.29) is 11.6 Å². The van der Waals surface area contributed by atoms with Crippen molar-refractivity contribution in [2.75, 3.05) is 17.7 Å². The number of sulfone groups is 1. The van der Waals surface area contributed by atoms with E-state index in [9.17, 15) is 17.6 Å². The number of rotatable bonds is 6. The van der Waals surface area contributed by atoms with E-state index < -0.39 is 27.6 Å². The number of halogens is 1. The first-order valence-electron chi connectivity index (χ1n) is 10.4. The highest BCUT2D eigenvalue weighted by atomic mass is 32.2. The molecule has 2 aromatic carbocycles. The van der Waals surface area contributed by atoms with Gasteiger partial charge in [-0.2, -0.15) is 0 Å². The van der Waals surface area contributed by atoms with Gasteiger partial charge in [0.15, 0.2) is 9.84 Å². The topological polar surface area (TPSA) is 66.5 Å². The lowest BCUT2D eigenvalue weighted by molar-refractivity contribution is 0.0943. The molecule has 2 atom stereocenters. The van der Waals surface area contributed by atoms with Crippen molar-refractivity contribution in [1.29, 1.82) is 0 Å². The van der Waals surface area contributed by atoms with Crippen LogP contribution in [-0.2, 0) is 9.84 Å². The quantitative estimate of drug-likeness (QED) is 0.714. The second kappa shape index (κ2) is 9.22. The third kappa shape index (κ3) is 5.73. The lowest BCUT2D eigenvalue weighted by Crippen LogP contribution is -2.32. The van der Waals surface area contributed by atoms with Gasteiger partial charge in [0.2, 0.25) is 0 Å². The van der Waals surface area contributed by atoms with Gasteiger partial charge in [0.25, 0.3) is 5.91 Å². The highest BCUT2D eigenvalue weighted by Crippen LogP contribution is 2.38. The van der Waals surface area contributed by atoms with Crippen molar-refractivity contribution in [3.63, 3.8) is 0 Å². The summed E-state index contributed by atoms with van der Waals surface area (Å²) in [4.78, 5) is 14.6. The van der Waals surface area contributed by atoms with Crippen LogP contribution >= 0.6 is 0 Å². The Labute approximate surface area is 183 Å². The molecule has 166 valence electrons. The predicted octanol–water partition coefficient (Wildman–Crippen LogP) is 4.46. The zero-order valence-electron chi connectivity index (χ0n) is 18.4. The van der Waals surface area contributed by atoms with Gasteiger partial charge >= 0.3 is 0 Å². The molecular weight excluding hydrogens is 415 g/mol. The Hall–Kier alpha value is -2.67. The zero-order valence-corrected chi connectivity index (χ0v) is 19.2. The summed E-state index contributed by atoms with van der Waals surface area (Å²) in [7, 11) is -3.29. The lowest BCUT2D eigenvalue weighted by atomic mass is 9.97. The Morgan fingerprint density at radius 3 is 2.61 bits per heavy atom. The fourth-order valence-electron chi connectivity index (χ4n) is 4.06. The van der Waals surface area contributed by atoms with Gasteiger partial charge in [-0.1, -0.05) is 29.8 Å². The van der Waals surface area contributed by atoms with Gasteiger partial charge in [-0.15, -0.1) is 0 Å². The van der Waals surface area contributed by atoms with Crippen molar-refractivity contribution in [2.45, 2.75) is 45.7 Å². The number of nitrogens with one attached hydrogen (secondary N) is 1. The molecule has 3 rings (SSSR count). The monoisotopic (exact) mass is 444 g/mol. The number of carbonyl (C=O) groups excluding carboxylic acids is 1. The molecule has 0 saturated carbocycles. The summed E-state index contributed by atoms with van der Waals surface area (Å²) in [6.45, 7) is 6.63. The van der Waals surface area contributed by atoms with Gasteiger partial charge in [-0.05, 0) is 62.9 Å². The molecule has 0 aliphatic carbocycles. The lowest BCUT2D eigenvalue weighted by Gasteiger charge is -2.29. The van der Waals surface area contributed by atoms with Crippen molar-refractivity contribution in [3.8, 4) is 0 Å². The van der Waals surface area contributed by atoms with Gasteiger partial charge in [-0.3, -0.25) is 4.79 Å². The summed E-state index contributed by atoms with van der Waals surface area (Å²) in [5, 5.41) is 3.63. The minimum atomic E-state index is -3.29. The summed E-state index contributed by atoms with van der Waals surface area (Å²) >= 11 is 0. The number of anilines is 1. The summed E-state index contributed by atoms with van der Waals surface area (Å²) < 4.78 is 37.3. The van der Waals surface area contributed by atoms with E-state index in [1.54, 1.807) is 13.0 Å². The van der Waals surface area contributed by atoms with Crippen LogP contribution in [0, 0.1) is 19.7 Å². The number of carbonyl (C=O) groups is 1. The molecule has 31 heavy (non-hydrogen) atoms. The number of benzene rings is 2. The summed E-state index contributed by atoms with van der Waals surface area (Å²) in [6, 6.07) is 10.7. The molecule has 1 aliphatic heterocycles. The second-order valence-corrected chi connectivity index (χ2v) is 10.2. The van der Waals surface area contributed by atoms with E-state index in [0.717, 1.165) is 36.7 Å². The number of hydrogen-bond donors (Lipinski definition) is 1. The Balaban J connectivity index is 1.78. The molecule has 0 spiro atoms. The molecule has 1 saturated heterocycles. The van der Waals surface area contributed by atoms with Gasteiger partial charge in [0, 0.05) is 29.9 Å². The zero-order chi connectivity index (χ0) is 22.8. The third-order valence-electron chi connectivity index (χ3n) is 5.54. The summed E-state index contributed by atoms with van der Waals surface area (Å²) in [6.07, 6.45) is 4.45. The standard InChI is InChI=1S/C24H29FN2O3S/c1-16-7-9-20(17(2)14-16)23-6-5-12-27(23)19-8-10-21(22(25)15-19)24(28)26-18(3)11-13-31(4,29)30/h7-11,13-15,18,23H,5-6,12H2,1-4H3,(H,26,28)/b13-11+/t18-,23?/m1/s1. The van der Waals surface area contributed by atoms with Crippen LogP contribution in [0.4, 0.5) is 10.1 Å². The Morgan fingerprint density at radius 1 is 1.23 bits per heavy atom.